The van der Waals surface area contributed by atoms with Gasteiger partial charge in [-0.3, -0.25) is 4.79 Å². The topological polar surface area (TPSA) is 89.3 Å². The number of rotatable bonds is 6. The average molecular weight is 318 g/mol. The fourth-order valence-corrected chi connectivity index (χ4v) is 2.56. The third kappa shape index (κ3) is 4.98. The number of primary sulfonamides is 1. The molecule has 0 aliphatic carbocycles. The van der Waals surface area contributed by atoms with Crippen LogP contribution in [0.15, 0.2) is 59.5 Å². The van der Waals surface area contributed by atoms with Gasteiger partial charge in [-0.25, -0.2) is 13.6 Å². The van der Waals surface area contributed by atoms with Gasteiger partial charge in [-0.05, 0) is 42.7 Å². The van der Waals surface area contributed by atoms with Crippen molar-refractivity contribution in [2.75, 3.05) is 5.32 Å². The van der Waals surface area contributed by atoms with Gasteiger partial charge in [0.25, 0.3) is 0 Å². The molecule has 0 bridgehead atoms. The van der Waals surface area contributed by atoms with Crippen molar-refractivity contribution in [1.29, 1.82) is 0 Å². The lowest BCUT2D eigenvalue weighted by Crippen LogP contribution is -2.13. The minimum Gasteiger partial charge on any atom is -0.326 e. The number of benzene rings is 2. The molecule has 116 valence electrons. The Bertz CT molecular complexity index is 726. The lowest BCUT2D eigenvalue weighted by Gasteiger charge is -2.06. The number of nitrogens with two attached hydrogens (primary N) is 1. The molecule has 22 heavy (non-hydrogen) atoms. The van der Waals surface area contributed by atoms with E-state index in [2.05, 4.69) is 5.32 Å². The standard InChI is InChI=1S/C16H18N2O3S/c17-22(20,21)15-11-9-14(10-12-15)18-16(19)8-4-7-13-5-2-1-3-6-13/h1-3,5-6,9-12H,4,7-8H2,(H,18,19)(H2,17,20,21). The molecule has 2 rings (SSSR count). The number of anilines is 1. The second kappa shape index (κ2) is 7.20. The molecule has 0 aromatic heterocycles. The van der Waals surface area contributed by atoms with Gasteiger partial charge in [-0.1, -0.05) is 30.3 Å². The van der Waals surface area contributed by atoms with Crippen molar-refractivity contribution in [1.82, 2.24) is 0 Å². The highest BCUT2D eigenvalue weighted by molar-refractivity contribution is 7.89. The van der Waals surface area contributed by atoms with E-state index in [4.69, 9.17) is 5.14 Å². The van der Waals surface area contributed by atoms with Gasteiger partial charge >= 0.3 is 0 Å². The quantitative estimate of drug-likeness (QED) is 0.856. The molecule has 3 N–H and O–H groups in total. The maximum Gasteiger partial charge on any atom is 0.238 e. The minimum absolute atomic E-state index is 0.0228. The second-order valence-electron chi connectivity index (χ2n) is 4.96. The van der Waals surface area contributed by atoms with E-state index in [0.29, 0.717) is 12.1 Å². The Kier molecular flexibility index (Phi) is 5.30. The first-order valence-electron chi connectivity index (χ1n) is 6.92. The molecular formula is C16H18N2O3S. The Labute approximate surface area is 130 Å². The monoisotopic (exact) mass is 318 g/mol. The molecule has 5 nitrogen and oxygen atoms in total. The van der Waals surface area contributed by atoms with Crippen LogP contribution in [-0.4, -0.2) is 14.3 Å². The Balaban J connectivity index is 1.82. The van der Waals surface area contributed by atoms with E-state index in [0.717, 1.165) is 12.8 Å². The van der Waals surface area contributed by atoms with E-state index in [1.54, 1.807) is 0 Å². The summed E-state index contributed by atoms with van der Waals surface area (Å²) in [7, 11) is -3.71. The third-order valence-electron chi connectivity index (χ3n) is 3.18. The zero-order chi connectivity index (χ0) is 16.0. The number of amides is 1. The predicted molar refractivity (Wildman–Crippen MR) is 85.8 cm³/mol. The molecular weight excluding hydrogens is 300 g/mol. The number of aryl methyl sites for hydroxylation is 1. The summed E-state index contributed by atoms with van der Waals surface area (Å²) in [5.41, 5.74) is 1.75. The van der Waals surface area contributed by atoms with Crippen molar-refractivity contribution in [2.45, 2.75) is 24.2 Å². The molecule has 1 amide bonds. The molecule has 0 atom stereocenters. The van der Waals surface area contributed by atoms with Gasteiger partial charge in [0.2, 0.25) is 15.9 Å². The van der Waals surface area contributed by atoms with Crippen molar-refractivity contribution >= 4 is 21.6 Å². The number of carbonyl (C=O) groups excluding carboxylic acids is 1. The molecule has 0 aliphatic heterocycles. The molecule has 0 spiro atoms. The number of sulfonamides is 1. The molecule has 2 aromatic rings. The summed E-state index contributed by atoms with van der Waals surface area (Å²) < 4.78 is 22.3. The highest BCUT2D eigenvalue weighted by Gasteiger charge is 2.08. The van der Waals surface area contributed by atoms with Crippen LogP contribution in [0.4, 0.5) is 5.69 Å². The van der Waals surface area contributed by atoms with Gasteiger partial charge in [-0.15, -0.1) is 0 Å². The van der Waals surface area contributed by atoms with Crippen LogP contribution >= 0.6 is 0 Å². The Morgan fingerprint density at radius 3 is 2.23 bits per heavy atom. The molecule has 0 heterocycles. The molecule has 2 aromatic carbocycles. The van der Waals surface area contributed by atoms with E-state index in [1.165, 1.54) is 29.8 Å². The summed E-state index contributed by atoms with van der Waals surface area (Å²) >= 11 is 0. The number of carbonyl (C=O) groups is 1. The molecule has 6 heteroatoms. The summed E-state index contributed by atoms with van der Waals surface area (Å²) in [6.45, 7) is 0. The van der Waals surface area contributed by atoms with Crippen LogP contribution in [-0.2, 0) is 21.2 Å². The highest BCUT2D eigenvalue weighted by atomic mass is 32.2. The minimum atomic E-state index is -3.71. The van der Waals surface area contributed by atoms with Crippen LogP contribution in [0.25, 0.3) is 0 Å². The van der Waals surface area contributed by atoms with Crippen molar-refractivity contribution < 1.29 is 13.2 Å². The lowest BCUT2D eigenvalue weighted by molar-refractivity contribution is -0.116. The molecule has 0 aliphatic rings. The van der Waals surface area contributed by atoms with Gasteiger partial charge in [-0.2, -0.15) is 0 Å². The van der Waals surface area contributed by atoms with E-state index >= 15 is 0 Å². The first-order valence-corrected chi connectivity index (χ1v) is 8.46. The van der Waals surface area contributed by atoms with Crippen molar-refractivity contribution in [3.05, 3.63) is 60.2 Å². The fourth-order valence-electron chi connectivity index (χ4n) is 2.05. The van der Waals surface area contributed by atoms with Crippen LogP contribution in [0.3, 0.4) is 0 Å². The second-order valence-corrected chi connectivity index (χ2v) is 6.52. The van der Waals surface area contributed by atoms with Gasteiger partial charge in [0.05, 0.1) is 4.90 Å². The van der Waals surface area contributed by atoms with E-state index in [1.807, 2.05) is 30.3 Å². The molecule has 0 fully saturated rings. The SMILES string of the molecule is NS(=O)(=O)c1ccc(NC(=O)CCCc2ccccc2)cc1. The van der Waals surface area contributed by atoms with E-state index in [9.17, 15) is 13.2 Å². The van der Waals surface area contributed by atoms with Crippen molar-refractivity contribution in [3.63, 3.8) is 0 Å². The van der Waals surface area contributed by atoms with Gasteiger partial charge < -0.3 is 5.32 Å². The van der Waals surface area contributed by atoms with E-state index < -0.39 is 10.0 Å². The molecule has 0 saturated carbocycles. The highest BCUT2D eigenvalue weighted by Crippen LogP contribution is 2.13. The van der Waals surface area contributed by atoms with Crippen LogP contribution in [0, 0.1) is 0 Å². The normalized spacial score (nSPS) is 11.1. The first kappa shape index (κ1) is 16.2. The van der Waals surface area contributed by atoms with Gasteiger partial charge in [0.1, 0.15) is 0 Å². The van der Waals surface area contributed by atoms with Crippen LogP contribution in [0.5, 0.6) is 0 Å². The lowest BCUT2D eigenvalue weighted by atomic mass is 10.1. The fraction of sp³-hybridized carbons (Fsp3) is 0.188. The Hall–Kier alpha value is -2.18. The number of hydrogen-bond donors (Lipinski definition) is 2. The molecule has 0 radical (unpaired) electrons. The Morgan fingerprint density at radius 2 is 1.64 bits per heavy atom. The van der Waals surface area contributed by atoms with Crippen LogP contribution in [0.1, 0.15) is 18.4 Å². The molecule has 0 unspecified atom stereocenters. The predicted octanol–water partition coefficient (Wildman–Crippen LogP) is 2.30. The van der Waals surface area contributed by atoms with Crippen molar-refractivity contribution in [2.24, 2.45) is 5.14 Å². The summed E-state index contributed by atoms with van der Waals surface area (Å²) in [6, 6.07) is 15.8. The summed E-state index contributed by atoms with van der Waals surface area (Å²) in [5, 5.41) is 7.75. The maximum absolute atomic E-state index is 11.8. The van der Waals surface area contributed by atoms with Crippen molar-refractivity contribution in [3.8, 4) is 0 Å². The van der Waals surface area contributed by atoms with E-state index in [-0.39, 0.29) is 10.8 Å². The largest absolute Gasteiger partial charge is 0.326 e. The first-order chi connectivity index (χ1) is 10.4. The summed E-state index contributed by atoms with van der Waals surface area (Å²) in [5.74, 6) is -0.0979. The maximum atomic E-state index is 11.8. The smallest absolute Gasteiger partial charge is 0.238 e. The van der Waals surface area contributed by atoms with Gasteiger partial charge in [0.15, 0.2) is 0 Å². The zero-order valence-electron chi connectivity index (χ0n) is 12.0. The molecule has 0 saturated heterocycles. The number of nitrogens with one attached hydrogen (secondary N) is 1. The summed E-state index contributed by atoms with van der Waals surface area (Å²) in [4.78, 5) is 11.9. The number of hydrogen-bond acceptors (Lipinski definition) is 3. The summed E-state index contributed by atoms with van der Waals surface area (Å²) in [6.07, 6.45) is 2.01. The van der Waals surface area contributed by atoms with Crippen LogP contribution < -0.4 is 10.5 Å². The average Bonchev–Trinajstić information content (AvgIpc) is 2.48. The van der Waals surface area contributed by atoms with Gasteiger partial charge in [0, 0.05) is 12.1 Å². The third-order valence-corrected chi connectivity index (χ3v) is 4.11. The Morgan fingerprint density at radius 1 is 1.00 bits per heavy atom. The zero-order valence-corrected chi connectivity index (χ0v) is 12.8. The van der Waals surface area contributed by atoms with Crippen LogP contribution in [0.2, 0.25) is 0 Å².